The topological polar surface area (TPSA) is 75.8 Å². The van der Waals surface area contributed by atoms with Gasteiger partial charge in [-0.3, -0.25) is 4.40 Å². The lowest BCUT2D eigenvalue weighted by Crippen LogP contribution is -2.39. The molecule has 0 saturated heterocycles. The molecule has 1 unspecified atom stereocenters. The van der Waals surface area contributed by atoms with E-state index in [0.717, 1.165) is 49.1 Å². The standard InChI is InChI=1S/C20H24N6O/c1-2-21-20(23-14-16-13-15-7-3-4-8-17(15)27-16)22-11-10-19-25-24-18-9-5-6-12-26(18)19/h3-9,12,16H,2,10-11,13-14H2,1H3,(H2,21,22,23). The first-order valence-electron chi connectivity index (χ1n) is 9.39. The first kappa shape index (κ1) is 17.3. The first-order chi connectivity index (χ1) is 13.3. The molecule has 0 amide bonds. The Morgan fingerprint density at radius 2 is 2.07 bits per heavy atom. The molecule has 0 saturated carbocycles. The summed E-state index contributed by atoms with van der Waals surface area (Å²) in [5.74, 6) is 2.71. The Hall–Kier alpha value is -3.09. The van der Waals surface area contributed by atoms with Crippen molar-refractivity contribution in [2.75, 3.05) is 19.6 Å². The number of benzene rings is 1. The van der Waals surface area contributed by atoms with Gasteiger partial charge in [-0.25, -0.2) is 4.99 Å². The summed E-state index contributed by atoms with van der Waals surface area (Å²) in [7, 11) is 0. The molecule has 7 nitrogen and oxygen atoms in total. The molecule has 140 valence electrons. The van der Waals surface area contributed by atoms with E-state index in [4.69, 9.17) is 4.74 Å². The lowest BCUT2D eigenvalue weighted by molar-refractivity contribution is 0.241. The van der Waals surface area contributed by atoms with E-state index in [2.05, 4.69) is 38.8 Å². The molecule has 1 aromatic carbocycles. The van der Waals surface area contributed by atoms with E-state index in [1.54, 1.807) is 0 Å². The molecule has 0 fully saturated rings. The number of nitrogens with one attached hydrogen (secondary N) is 2. The second kappa shape index (κ2) is 8.07. The molecular formula is C20H24N6O. The molecule has 3 heterocycles. The summed E-state index contributed by atoms with van der Waals surface area (Å²) in [4.78, 5) is 4.69. The van der Waals surface area contributed by atoms with Gasteiger partial charge in [0.15, 0.2) is 11.6 Å². The van der Waals surface area contributed by atoms with E-state index in [0.29, 0.717) is 6.54 Å². The lowest BCUT2D eigenvalue weighted by Gasteiger charge is -2.13. The van der Waals surface area contributed by atoms with Crippen LogP contribution >= 0.6 is 0 Å². The fourth-order valence-electron chi connectivity index (χ4n) is 3.24. The van der Waals surface area contributed by atoms with Crippen molar-refractivity contribution in [2.45, 2.75) is 25.9 Å². The van der Waals surface area contributed by atoms with Crippen molar-refractivity contribution in [1.82, 2.24) is 25.2 Å². The number of fused-ring (bicyclic) bond motifs is 2. The SMILES string of the molecule is CCNC(=NCC1Cc2ccccc2O1)NCCc1nnc2ccccn12. The Labute approximate surface area is 158 Å². The summed E-state index contributed by atoms with van der Waals surface area (Å²) < 4.78 is 7.97. The second-order valence-electron chi connectivity index (χ2n) is 6.49. The minimum absolute atomic E-state index is 0.0956. The highest BCUT2D eigenvalue weighted by Gasteiger charge is 2.21. The predicted molar refractivity (Wildman–Crippen MR) is 105 cm³/mol. The maximum atomic E-state index is 5.96. The van der Waals surface area contributed by atoms with E-state index in [-0.39, 0.29) is 6.10 Å². The second-order valence-corrected chi connectivity index (χ2v) is 6.49. The Bertz CT molecular complexity index is 910. The van der Waals surface area contributed by atoms with Crippen LogP contribution in [0.15, 0.2) is 53.7 Å². The monoisotopic (exact) mass is 364 g/mol. The van der Waals surface area contributed by atoms with Gasteiger partial charge in [0.1, 0.15) is 17.7 Å². The van der Waals surface area contributed by atoms with Crippen LogP contribution in [0.25, 0.3) is 5.65 Å². The number of nitrogens with zero attached hydrogens (tertiary/aromatic N) is 4. The number of pyridine rings is 1. The van der Waals surface area contributed by atoms with Gasteiger partial charge in [0, 0.05) is 32.1 Å². The van der Waals surface area contributed by atoms with Crippen LogP contribution in [-0.4, -0.2) is 46.3 Å². The van der Waals surface area contributed by atoms with Crippen LogP contribution in [-0.2, 0) is 12.8 Å². The Morgan fingerprint density at radius 3 is 2.96 bits per heavy atom. The Morgan fingerprint density at radius 1 is 1.19 bits per heavy atom. The van der Waals surface area contributed by atoms with Gasteiger partial charge >= 0.3 is 0 Å². The van der Waals surface area contributed by atoms with Crippen LogP contribution in [0.2, 0.25) is 0 Å². The minimum Gasteiger partial charge on any atom is -0.488 e. The molecule has 4 rings (SSSR count). The van der Waals surface area contributed by atoms with Gasteiger partial charge in [0.25, 0.3) is 0 Å². The van der Waals surface area contributed by atoms with E-state index < -0.39 is 0 Å². The third-order valence-corrected chi connectivity index (χ3v) is 4.54. The molecule has 7 heteroatoms. The quantitative estimate of drug-likeness (QED) is 0.516. The molecule has 0 spiro atoms. The van der Waals surface area contributed by atoms with Gasteiger partial charge < -0.3 is 15.4 Å². The predicted octanol–water partition coefficient (Wildman–Crippen LogP) is 1.83. The summed E-state index contributed by atoms with van der Waals surface area (Å²) in [5.41, 5.74) is 2.13. The van der Waals surface area contributed by atoms with Gasteiger partial charge in [0.2, 0.25) is 0 Å². The van der Waals surface area contributed by atoms with Crippen molar-refractivity contribution < 1.29 is 4.74 Å². The number of aromatic nitrogens is 3. The molecule has 2 aromatic heterocycles. The molecule has 1 aliphatic rings. The van der Waals surface area contributed by atoms with Crippen LogP contribution in [0.3, 0.4) is 0 Å². The Kier molecular flexibility index (Phi) is 5.18. The Balaban J connectivity index is 1.32. The van der Waals surface area contributed by atoms with Crippen molar-refractivity contribution in [2.24, 2.45) is 4.99 Å². The summed E-state index contributed by atoms with van der Waals surface area (Å²) >= 11 is 0. The van der Waals surface area contributed by atoms with E-state index >= 15 is 0 Å². The summed E-state index contributed by atoms with van der Waals surface area (Å²) in [6, 6.07) is 14.1. The maximum Gasteiger partial charge on any atom is 0.191 e. The zero-order valence-corrected chi connectivity index (χ0v) is 15.4. The zero-order valence-electron chi connectivity index (χ0n) is 15.4. The molecular weight excluding hydrogens is 340 g/mol. The lowest BCUT2D eigenvalue weighted by atomic mass is 10.1. The van der Waals surface area contributed by atoms with Crippen molar-refractivity contribution in [1.29, 1.82) is 0 Å². The molecule has 1 aliphatic heterocycles. The van der Waals surface area contributed by atoms with Gasteiger partial charge in [0.05, 0.1) is 6.54 Å². The first-order valence-corrected chi connectivity index (χ1v) is 9.39. The molecule has 2 N–H and O–H groups in total. The third kappa shape index (κ3) is 4.02. The maximum absolute atomic E-state index is 5.96. The van der Waals surface area contributed by atoms with Crippen LogP contribution in [0.5, 0.6) is 5.75 Å². The van der Waals surface area contributed by atoms with Crippen LogP contribution < -0.4 is 15.4 Å². The van der Waals surface area contributed by atoms with E-state index in [1.165, 1.54) is 5.56 Å². The van der Waals surface area contributed by atoms with Crippen molar-refractivity contribution in [3.8, 4) is 5.75 Å². The van der Waals surface area contributed by atoms with Gasteiger partial charge in [-0.1, -0.05) is 24.3 Å². The van der Waals surface area contributed by atoms with Crippen molar-refractivity contribution in [3.63, 3.8) is 0 Å². The highest BCUT2D eigenvalue weighted by atomic mass is 16.5. The normalized spacial score (nSPS) is 16.2. The summed E-state index contributed by atoms with van der Waals surface area (Å²) in [6.07, 6.45) is 3.75. The number of hydrogen-bond acceptors (Lipinski definition) is 4. The fraction of sp³-hybridized carbons (Fsp3) is 0.350. The van der Waals surface area contributed by atoms with Crippen LogP contribution in [0.1, 0.15) is 18.3 Å². The van der Waals surface area contributed by atoms with Crippen LogP contribution in [0.4, 0.5) is 0 Å². The van der Waals surface area contributed by atoms with Gasteiger partial charge in [-0.05, 0) is 30.7 Å². The third-order valence-electron chi connectivity index (χ3n) is 4.54. The fourth-order valence-corrected chi connectivity index (χ4v) is 3.24. The number of rotatable bonds is 6. The molecule has 0 radical (unpaired) electrons. The highest BCUT2D eigenvalue weighted by Crippen LogP contribution is 2.28. The summed E-state index contributed by atoms with van der Waals surface area (Å²) in [5, 5.41) is 15.1. The minimum atomic E-state index is 0.0956. The molecule has 3 aromatic rings. The van der Waals surface area contributed by atoms with Gasteiger partial charge in [-0.15, -0.1) is 10.2 Å². The molecule has 0 bridgehead atoms. The van der Waals surface area contributed by atoms with E-state index in [1.807, 2.05) is 47.0 Å². The van der Waals surface area contributed by atoms with Crippen molar-refractivity contribution in [3.05, 3.63) is 60.0 Å². The molecule has 0 aliphatic carbocycles. The molecule has 1 atom stereocenters. The highest BCUT2D eigenvalue weighted by molar-refractivity contribution is 5.79. The average molecular weight is 364 g/mol. The summed E-state index contributed by atoms with van der Waals surface area (Å²) in [6.45, 7) is 4.22. The number of hydrogen-bond donors (Lipinski definition) is 2. The number of guanidine groups is 1. The van der Waals surface area contributed by atoms with E-state index in [9.17, 15) is 0 Å². The number of ether oxygens (including phenoxy) is 1. The van der Waals surface area contributed by atoms with Crippen LogP contribution in [0, 0.1) is 0 Å². The largest absolute Gasteiger partial charge is 0.488 e. The van der Waals surface area contributed by atoms with Gasteiger partial charge in [-0.2, -0.15) is 0 Å². The smallest absolute Gasteiger partial charge is 0.191 e. The zero-order chi connectivity index (χ0) is 18.5. The number of aliphatic imine (C=N–C) groups is 1. The number of para-hydroxylation sites is 1. The molecule has 27 heavy (non-hydrogen) atoms. The van der Waals surface area contributed by atoms with Crippen molar-refractivity contribution >= 4 is 11.6 Å². The average Bonchev–Trinajstić information content (AvgIpc) is 3.30.